The highest BCUT2D eigenvalue weighted by molar-refractivity contribution is 5.05. The number of rotatable bonds is 12. The number of hydrogen-bond donors (Lipinski definition) is 0. The van der Waals surface area contributed by atoms with Crippen molar-refractivity contribution >= 4 is 0 Å². The SMILES string of the molecule is C1CCC(COCC2CO2)(CC2CO2)C(COCC2CO2)(CC2CO2)C1. The van der Waals surface area contributed by atoms with E-state index in [0.717, 1.165) is 65.7 Å². The van der Waals surface area contributed by atoms with Crippen LogP contribution in [0.25, 0.3) is 0 Å². The van der Waals surface area contributed by atoms with E-state index in [2.05, 4.69) is 0 Å². The van der Waals surface area contributed by atoms with Crippen LogP contribution in [0.1, 0.15) is 38.5 Å². The molecule has 0 aromatic carbocycles. The van der Waals surface area contributed by atoms with Crippen molar-refractivity contribution in [3.63, 3.8) is 0 Å². The summed E-state index contributed by atoms with van der Waals surface area (Å²) >= 11 is 0. The summed E-state index contributed by atoms with van der Waals surface area (Å²) < 4.78 is 34.5. The van der Waals surface area contributed by atoms with E-state index < -0.39 is 0 Å². The topological polar surface area (TPSA) is 68.6 Å². The standard InChI is InChI=1S/C20H32O6/c1-2-4-20(6-16-10-24-16,14-22-8-18-12-26-18)19(3-1,5-15-9-23-15)13-21-7-17-11-25-17/h15-18H,1-14H2. The van der Waals surface area contributed by atoms with Crippen molar-refractivity contribution in [1.82, 2.24) is 0 Å². The quantitative estimate of drug-likeness (QED) is 0.491. The molecular weight excluding hydrogens is 336 g/mol. The van der Waals surface area contributed by atoms with Gasteiger partial charge >= 0.3 is 0 Å². The highest BCUT2D eigenvalue weighted by atomic mass is 16.6. The summed E-state index contributed by atoms with van der Waals surface area (Å²) in [6.07, 6.45) is 8.57. The molecule has 1 aliphatic carbocycles. The van der Waals surface area contributed by atoms with Crippen LogP contribution >= 0.6 is 0 Å². The molecule has 0 radical (unpaired) electrons. The van der Waals surface area contributed by atoms with Crippen LogP contribution in [0.2, 0.25) is 0 Å². The zero-order valence-electron chi connectivity index (χ0n) is 15.7. The summed E-state index contributed by atoms with van der Waals surface area (Å²) in [5, 5.41) is 0. The number of epoxide rings is 4. The first-order valence-electron chi connectivity index (χ1n) is 10.4. The number of hydrogen-bond acceptors (Lipinski definition) is 6. The van der Waals surface area contributed by atoms with Crippen molar-refractivity contribution in [2.45, 2.75) is 62.9 Å². The lowest BCUT2D eigenvalue weighted by atomic mass is 9.53. The molecule has 148 valence electrons. The van der Waals surface area contributed by atoms with Crippen molar-refractivity contribution in [2.24, 2.45) is 10.8 Å². The first-order valence-corrected chi connectivity index (χ1v) is 10.4. The van der Waals surface area contributed by atoms with E-state index in [1.165, 1.54) is 25.7 Å². The highest BCUT2D eigenvalue weighted by Crippen LogP contribution is 2.58. The molecule has 1 saturated carbocycles. The summed E-state index contributed by atoms with van der Waals surface area (Å²) in [5.74, 6) is 0. The largest absolute Gasteiger partial charge is 0.378 e. The van der Waals surface area contributed by atoms with Gasteiger partial charge in [0, 0.05) is 10.8 Å². The zero-order valence-corrected chi connectivity index (χ0v) is 15.7. The van der Waals surface area contributed by atoms with Gasteiger partial charge in [0.25, 0.3) is 0 Å². The zero-order chi connectivity index (χ0) is 17.5. The van der Waals surface area contributed by atoms with Gasteiger partial charge in [-0.1, -0.05) is 12.8 Å². The monoisotopic (exact) mass is 368 g/mol. The number of ether oxygens (including phenoxy) is 6. The van der Waals surface area contributed by atoms with Crippen molar-refractivity contribution in [3.05, 3.63) is 0 Å². The second kappa shape index (κ2) is 7.30. The average molecular weight is 368 g/mol. The van der Waals surface area contributed by atoms with Crippen molar-refractivity contribution in [1.29, 1.82) is 0 Å². The van der Waals surface area contributed by atoms with Gasteiger partial charge in [0.1, 0.15) is 12.2 Å². The molecule has 0 bridgehead atoms. The third kappa shape index (κ3) is 4.26. The lowest BCUT2D eigenvalue weighted by Crippen LogP contribution is -2.52. The second-order valence-corrected chi connectivity index (χ2v) is 9.03. The normalized spacial score (nSPS) is 46.2. The van der Waals surface area contributed by atoms with Gasteiger partial charge in [0.05, 0.1) is 65.1 Å². The fraction of sp³-hybridized carbons (Fsp3) is 1.00. The van der Waals surface area contributed by atoms with Gasteiger partial charge in [0.2, 0.25) is 0 Å². The van der Waals surface area contributed by atoms with Gasteiger partial charge < -0.3 is 28.4 Å². The van der Waals surface area contributed by atoms with E-state index in [4.69, 9.17) is 28.4 Å². The summed E-state index contributed by atoms with van der Waals surface area (Å²) in [5.41, 5.74) is 0.245. The van der Waals surface area contributed by atoms with E-state index in [9.17, 15) is 0 Å². The molecule has 5 aliphatic rings. The van der Waals surface area contributed by atoms with Gasteiger partial charge in [-0.05, 0) is 25.7 Å². The minimum atomic E-state index is 0.123. The average Bonchev–Trinajstić information content (AvgIpc) is 3.42. The Hall–Kier alpha value is -0.240. The predicted molar refractivity (Wildman–Crippen MR) is 93.2 cm³/mol. The van der Waals surface area contributed by atoms with Crippen LogP contribution in [0, 0.1) is 10.8 Å². The fourth-order valence-corrected chi connectivity index (χ4v) is 5.01. The van der Waals surface area contributed by atoms with E-state index in [0.29, 0.717) is 24.4 Å². The molecular formula is C20H32O6. The lowest BCUT2D eigenvalue weighted by Gasteiger charge is -2.54. The van der Waals surface area contributed by atoms with E-state index in [-0.39, 0.29) is 10.8 Å². The molecule has 6 unspecified atom stereocenters. The molecule has 5 fully saturated rings. The Morgan fingerprint density at radius 3 is 1.35 bits per heavy atom. The maximum absolute atomic E-state index is 6.22. The Labute approximate surface area is 155 Å². The molecule has 4 saturated heterocycles. The van der Waals surface area contributed by atoms with Gasteiger partial charge in [-0.25, -0.2) is 0 Å². The molecule has 0 N–H and O–H groups in total. The smallest absolute Gasteiger partial charge is 0.104 e. The highest BCUT2D eigenvalue weighted by Gasteiger charge is 2.57. The van der Waals surface area contributed by atoms with Crippen LogP contribution in [0.4, 0.5) is 0 Å². The van der Waals surface area contributed by atoms with Crippen LogP contribution in [0.3, 0.4) is 0 Å². The molecule has 5 rings (SSSR count). The van der Waals surface area contributed by atoms with Crippen LogP contribution < -0.4 is 0 Å². The van der Waals surface area contributed by atoms with Gasteiger partial charge in [-0.15, -0.1) is 0 Å². The van der Waals surface area contributed by atoms with Crippen LogP contribution in [-0.2, 0) is 28.4 Å². The molecule has 4 aliphatic heterocycles. The Kier molecular flexibility index (Phi) is 5.01. The Morgan fingerprint density at radius 2 is 1.00 bits per heavy atom. The van der Waals surface area contributed by atoms with Gasteiger partial charge in [-0.2, -0.15) is 0 Å². The van der Waals surface area contributed by atoms with Crippen LogP contribution in [0.5, 0.6) is 0 Å². The molecule has 6 heteroatoms. The summed E-state index contributed by atoms with van der Waals surface area (Å²) in [6.45, 7) is 6.54. The molecule has 6 atom stereocenters. The van der Waals surface area contributed by atoms with Crippen molar-refractivity contribution in [3.8, 4) is 0 Å². The van der Waals surface area contributed by atoms with Crippen molar-refractivity contribution < 1.29 is 28.4 Å². The maximum atomic E-state index is 6.22. The summed E-state index contributed by atoms with van der Waals surface area (Å²) in [6, 6.07) is 0. The summed E-state index contributed by atoms with van der Waals surface area (Å²) in [4.78, 5) is 0. The molecule has 6 nitrogen and oxygen atoms in total. The van der Waals surface area contributed by atoms with E-state index in [1.54, 1.807) is 0 Å². The van der Waals surface area contributed by atoms with E-state index >= 15 is 0 Å². The third-order valence-electron chi connectivity index (χ3n) is 6.90. The third-order valence-corrected chi connectivity index (χ3v) is 6.90. The Balaban J connectivity index is 1.33. The minimum absolute atomic E-state index is 0.123. The van der Waals surface area contributed by atoms with Gasteiger partial charge in [-0.3, -0.25) is 0 Å². The molecule has 4 heterocycles. The second-order valence-electron chi connectivity index (χ2n) is 9.03. The predicted octanol–water partition coefficient (Wildman–Crippen LogP) is 1.94. The molecule has 26 heavy (non-hydrogen) atoms. The van der Waals surface area contributed by atoms with E-state index in [1.807, 2.05) is 0 Å². The molecule has 0 amide bonds. The van der Waals surface area contributed by atoms with Crippen molar-refractivity contribution in [2.75, 3.05) is 52.9 Å². The molecule has 0 aromatic rings. The Bertz CT molecular complexity index is 441. The Morgan fingerprint density at radius 1 is 0.615 bits per heavy atom. The molecule has 0 aromatic heterocycles. The minimum Gasteiger partial charge on any atom is -0.378 e. The van der Waals surface area contributed by atoms with Crippen LogP contribution in [0.15, 0.2) is 0 Å². The van der Waals surface area contributed by atoms with Crippen LogP contribution in [-0.4, -0.2) is 77.3 Å². The first-order chi connectivity index (χ1) is 12.8. The lowest BCUT2D eigenvalue weighted by molar-refractivity contribution is -0.134. The first kappa shape index (κ1) is 17.8. The molecule has 0 spiro atoms. The summed E-state index contributed by atoms with van der Waals surface area (Å²) in [7, 11) is 0. The maximum Gasteiger partial charge on any atom is 0.104 e. The van der Waals surface area contributed by atoms with Gasteiger partial charge in [0.15, 0.2) is 0 Å². The fourth-order valence-electron chi connectivity index (χ4n) is 5.01.